The number of thioether (sulfide) groups is 1. The van der Waals surface area contributed by atoms with E-state index in [9.17, 15) is 4.79 Å². The lowest BCUT2D eigenvalue weighted by atomic mass is 9.99. The molecule has 0 aliphatic heterocycles. The van der Waals surface area contributed by atoms with Crippen LogP contribution in [0.3, 0.4) is 0 Å². The molecule has 0 radical (unpaired) electrons. The summed E-state index contributed by atoms with van der Waals surface area (Å²) in [5, 5.41) is 11.7. The van der Waals surface area contributed by atoms with Gasteiger partial charge in [-0.3, -0.25) is 4.79 Å². The van der Waals surface area contributed by atoms with Crippen LogP contribution >= 0.6 is 11.8 Å². The third-order valence-electron chi connectivity index (χ3n) is 4.68. The predicted molar refractivity (Wildman–Crippen MR) is 115 cm³/mol. The number of hydrogen-bond donors (Lipinski definition) is 2. The normalized spacial score (nSPS) is 12.0. The molecule has 0 aliphatic rings. The summed E-state index contributed by atoms with van der Waals surface area (Å²) in [5.74, 6) is 7.29. The van der Waals surface area contributed by atoms with Crippen LogP contribution in [0.15, 0.2) is 53.7 Å². The first kappa shape index (κ1) is 19.9. The van der Waals surface area contributed by atoms with E-state index in [1.807, 2.05) is 43.3 Å². The molecule has 0 aliphatic carbocycles. The molecule has 0 saturated carbocycles. The molecular formula is C21H25N5OS. The summed E-state index contributed by atoms with van der Waals surface area (Å²) in [7, 11) is 0. The van der Waals surface area contributed by atoms with E-state index in [-0.39, 0.29) is 11.7 Å². The van der Waals surface area contributed by atoms with Gasteiger partial charge in [0.25, 0.3) is 0 Å². The van der Waals surface area contributed by atoms with Crippen molar-refractivity contribution in [1.82, 2.24) is 14.9 Å². The fourth-order valence-electron chi connectivity index (χ4n) is 2.73. The van der Waals surface area contributed by atoms with Crippen LogP contribution in [0.1, 0.15) is 37.3 Å². The Morgan fingerprint density at radius 3 is 2.46 bits per heavy atom. The van der Waals surface area contributed by atoms with Crippen molar-refractivity contribution in [3.8, 4) is 11.4 Å². The first-order chi connectivity index (χ1) is 13.5. The van der Waals surface area contributed by atoms with E-state index < -0.39 is 0 Å². The number of aromatic nitrogens is 3. The van der Waals surface area contributed by atoms with E-state index in [0.29, 0.717) is 16.9 Å². The molecule has 1 unspecified atom stereocenters. The van der Waals surface area contributed by atoms with Crippen molar-refractivity contribution in [2.45, 2.75) is 38.3 Å². The second-order valence-electron chi connectivity index (χ2n) is 6.81. The lowest BCUT2D eigenvalue weighted by Gasteiger charge is -2.10. The van der Waals surface area contributed by atoms with Gasteiger partial charge in [0.05, 0.1) is 5.75 Å². The third-order valence-corrected chi connectivity index (χ3v) is 5.63. The van der Waals surface area contributed by atoms with E-state index in [1.54, 1.807) is 0 Å². The van der Waals surface area contributed by atoms with Crippen molar-refractivity contribution in [1.29, 1.82) is 0 Å². The van der Waals surface area contributed by atoms with Crippen molar-refractivity contribution >= 4 is 23.4 Å². The van der Waals surface area contributed by atoms with Gasteiger partial charge in [-0.15, -0.1) is 10.2 Å². The number of nitrogen functional groups attached to an aromatic ring is 1. The van der Waals surface area contributed by atoms with Gasteiger partial charge in [0.1, 0.15) is 0 Å². The Morgan fingerprint density at radius 1 is 1.14 bits per heavy atom. The minimum atomic E-state index is -0.110. The van der Waals surface area contributed by atoms with Crippen LogP contribution in [0.4, 0.5) is 5.69 Å². The van der Waals surface area contributed by atoms with Gasteiger partial charge in [0.15, 0.2) is 5.82 Å². The lowest BCUT2D eigenvalue weighted by molar-refractivity contribution is -0.113. The van der Waals surface area contributed by atoms with Crippen molar-refractivity contribution in [3.05, 3.63) is 59.7 Å². The van der Waals surface area contributed by atoms with Crippen LogP contribution in [0.25, 0.3) is 11.4 Å². The molecule has 0 spiro atoms. The standard InChI is InChI=1S/C21H25N5OS/c1-4-15(3)16-9-11-18(12-10-16)23-19(27)13-28-21-25-24-20(26(21)22)17-7-5-14(2)6-8-17/h5-12,15H,4,13,22H2,1-3H3,(H,23,27). The number of benzene rings is 2. The highest BCUT2D eigenvalue weighted by molar-refractivity contribution is 7.99. The molecule has 1 heterocycles. The van der Waals surface area contributed by atoms with E-state index in [2.05, 4.69) is 41.5 Å². The van der Waals surface area contributed by atoms with Crippen LogP contribution in [0.2, 0.25) is 0 Å². The highest BCUT2D eigenvalue weighted by Crippen LogP contribution is 2.23. The number of rotatable bonds is 7. The quantitative estimate of drug-likeness (QED) is 0.462. The number of carbonyl (C=O) groups is 1. The van der Waals surface area contributed by atoms with Crippen LogP contribution in [-0.4, -0.2) is 26.5 Å². The molecule has 1 amide bonds. The van der Waals surface area contributed by atoms with Crippen molar-refractivity contribution in [2.75, 3.05) is 16.9 Å². The Hall–Kier alpha value is -2.80. The molecule has 3 rings (SSSR count). The smallest absolute Gasteiger partial charge is 0.234 e. The number of nitrogens with one attached hydrogen (secondary N) is 1. The summed E-state index contributed by atoms with van der Waals surface area (Å²) in [6.07, 6.45) is 1.09. The van der Waals surface area contributed by atoms with Gasteiger partial charge in [-0.2, -0.15) is 0 Å². The Bertz CT molecular complexity index is 934. The summed E-state index contributed by atoms with van der Waals surface area (Å²) < 4.78 is 1.42. The molecular weight excluding hydrogens is 370 g/mol. The van der Waals surface area contributed by atoms with Gasteiger partial charge in [0.2, 0.25) is 11.1 Å². The van der Waals surface area contributed by atoms with Crippen LogP contribution in [0.5, 0.6) is 0 Å². The maximum Gasteiger partial charge on any atom is 0.234 e. The van der Waals surface area contributed by atoms with Crippen molar-refractivity contribution < 1.29 is 4.79 Å². The Balaban J connectivity index is 1.58. The van der Waals surface area contributed by atoms with E-state index in [4.69, 9.17) is 5.84 Å². The maximum atomic E-state index is 12.3. The van der Waals surface area contributed by atoms with Gasteiger partial charge < -0.3 is 11.2 Å². The Morgan fingerprint density at radius 2 is 1.82 bits per heavy atom. The average Bonchev–Trinajstić information content (AvgIpc) is 3.07. The zero-order chi connectivity index (χ0) is 20.1. The molecule has 6 nitrogen and oxygen atoms in total. The predicted octanol–water partition coefficient (Wildman–Crippen LogP) is 4.21. The molecule has 0 bridgehead atoms. The first-order valence-corrected chi connectivity index (χ1v) is 10.3. The lowest BCUT2D eigenvalue weighted by Crippen LogP contribution is -2.16. The summed E-state index contributed by atoms with van der Waals surface area (Å²) in [5.41, 5.74) is 4.11. The Kier molecular flexibility index (Phi) is 6.36. The van der Waals surface area contributed by atoms with Gasteiger partial charge in [-0.25, -0.2) is 4.68 Å². The molecule has 2 aromatic carbocycles. The summed E-state index contributed by atoms with van der Waals surface area (Å²) >= 11 is 1.26. The number of amides is 1. The minimum Gasteiger partial charge on any atom is -0.335 e. The molecule has 1 aromatic heterocycles. The van der Waals surface area contributed by atoms with Crippen LogP contribution in [-0.2, 0) is 4.79 Å². The zero-order valence-electron chi connectivity index (χ0n) is 16.3. The molecule has 7 heteroatoms. The minimum absolute atomic E-state index is 0.110. The van der Waals surface area contributed by atoms with Gasteiger partial charge >= 0.3 is 0 Å². The SMILES string of the molecule is CCC(C)c1ccc(NC(=O)CSc2nnc(-c3ccc(C)cc3)n2N)cc1. The molecule has 146 valence electrons. The molecule has 3 N–H and O–H groups in total. The van der Waals surface area contributed by atoms with Crippen LogP contribution in [0, 0.1) is 6.92 Å². The number of nitrogens with two attached hydrogens (primary N) is 1. The first-order valence-electron chi connectivity index (χ1n) is 9.28. The zero-order valence-corrected chi connectivity index (χ0v) is 17.2. The summed E-state index contributed by atoms with van der Waals surface area (Å²) in [6.45, 7) is 6.38. The van der Waals surface area contributed by atoms with Crippen molar-refractivity contribution in [2.24, 2.45) is 0 Å². The third kappa shape index (κ3) is 4.72. The van der Waals surface area contributed by atoms with Crippen molar-refractivity contribution in [3.63, 3.8) is 0 Å². The number of carbonyl (C=O) groups excluding carboxylic acids is 1. The number of nitrogens with zero attached hydrogens (tertiary/aromatic N) is 3. The van der Waals surface area contributed by atoms with Gasteiger partial charge in [-0.1, -0.05) is 67.6 Å². The highest BCUT2D eigenvalue weighted by atomic mass is 32.2. The molecule has 1 atom stereocenters. The number of anilines is 1. The molecule has 3 aromatic rings. The highest BCUT2D eigenvalue weighted by Gasteiger charge is 2.14. The molecule has 0 fully saturated rings. The second kappa shape index (κ2) is 8.93. The number of hydrogen-bond acceptors (Lipinski definition) is 5. The fraction of sp³-hybridized carbons (Fsp3) is 0.286. The monoisotopic (exact) mass is 395 g/mol. The number of aryl methyl sites for hydroxylation is 1. The Labute approximate surface area is 169 Å². The summed E-state index contributed by atoms with van der Waals surface area (Å²) in [6, 6.07) is 15.9. The molecule has 0 saturated heterocycles. The van der Waals surface area contributed by atoms with Crippen LogP contribution < -0.4 is 11.2 Å². The topological polar surface area (TPSA) is 85.8 Å². The second-order valence-corrected chi connectivity index (χ2v) is 7.75. The van der Waals surface area contributed by atoms with E-state index in [1.165, 1.54) is 22.0 Å². The molecule has 28 heavy (non-hydrogen) atoms. The fourth-order valence-corrected chi connectivity index (χ4v) is 3.39. The van der Waals surface area contributed by atoms with E-state index >= 15 is 0 Å². The largest absolute Gasteiger partial charge is 0.335 e. The van der Waals surface area contributed by atoms with Gasteiger partial charge in [0, 0.05) is 11.3 Å². The van der Waals surface area contributed by atoms with Gasteiger partial charge in [-0.05, 0) is 37.0 Å². The maximum absolute atomic E-state index is 12.3. The summed E-state index contributed by atoms with van der Waals surface area (Å²) in [4.78, 5) is 12.3. The van der Waals surface area contributed by atoms with E-state index in [0.717, 1.165) is 23.2 Å². The average molecular weight is 396 g/mol.